The van der Waals surface area contributed by atoms with Gasteiger partial charge in [0.05, 0.1) is 0 Å². The summed E-state index contributed by atoms with van der Waals surface area (Å²) in [6.45, 7) is 7.26. The van der Waals surface area contributed by atoms with Gasteiger partial charge >= 0.3 is 6.09 Å². The lowest BCUT2D eigenvalue weighted by molar-refractivity contribution is 0.0145. The van der Waals surface area contributed by atoms with Gasteiger partial charge in [0, 0.05) is 19.1 Å². The van der Waals surface area contributed by atoms with Crippen LogP contribution in [0.4, 0.5) is 4.79 Å². The zero-order valence-corrected chi connectivity index (χ0v) is 14.1. The van der Waals surface area contributed by atoms with Gasteiger partial charge in [0.15, 0.2) is 0 Å². The van der Waals surface area contributed by atoms with Crippen LogP contribution in [0.15, 0.2) is 30.3 Å². The molecule has 0 bridgehead atoms. The minimum absolute atomic E-state index is 0.194. The van der Waals surface area contributed by atoms with Crippen LogP contribution < -0.4 is 5.32 Å². The third kappa shape index (κ3) is 4.47. The Labute approximate surface area is 133 Å². The summed E-state index contributed by atoms with van der Waals surface area (Å²) >= 11 is 0. The molecule has 0 aliphatic carbocycles. The van der Waals surface area contributed by atoms with Crippen molar-refractivity contribution in [3.63, 3.8) is 0 Å². The van der Waals surface area contributed by atoms with Crippen LogP contribution in [0.3, 0.4) is 0 Å². The lowest BCUT2D eigenvalue weighted by Gasteiger charge is -2.37. The number of carbonyl (C=O) groups excluding carboxylic acids is 1. The van der Waals surface area contributed by atoms with Crippen molar-refractivity contribution in [1.29, 1.82) is 0 Å². The average Bonchev–Trinajstić information content (AvgIpc) is 2.48. The van der Waals surface area contributed by atoms with Crippen molar-refractivity contribution in [2.45, 2.75) is 45.3 Å². The lowest BCUT2D eigenvalue weighted by Crippen LogP contribution is -2.45. The normalized spacial score (nSPS) is 20.5. The molecule has 2 unspecified atom stereocenters. The lowest BCUT2D eigenvalue weighted by atomic mass is 9.86. The van der Waals surface area contributed by atoms with E-state index < -0.39 is 5.60 Å². The predicted molar refractivity (Wildman–Crippen MR) is 88.8 cm³/mol. The second kappa shape index (κ2) is 7.14. The highest BCUT2D eigenvalue weighted by molar-refractivity contribution is 5.68. The number of hydrogen-bond donors (Lipinski definition) is 1. The molecule has 22 heavy (non-hydrogen) atoms. The zero-order chi connectivity index (χ0) is 16.2. The van der Waals surface area contributed by atoms with Gasteiger partial charge in [-0.15, -0.1) is 0 Å². The van der Waals surface area contributed by atoms with Crippen molar-refractivity contribution in [1.82, 2.24) is 10.2 Å². The van der Waals surface area contributed by atoms with E-state index in [0.717, 1.165) is 25.9 Å². The molecule has 2 rings (SSSR count). The van der Waals surface area contributed by atoms with Gasteiger partial charge in [0.2, 0.25) is 0 Å². The number of rotatable bonds is 3. The summed E-state index contributed by atoms with van der Waals surface area (Å²) in [5.74, 6) is 0.411. The minimum atomic E-state index is -0.439. The molecule has 0 radical (unpaired) electrons. The van der Waals surface area contributed by atoms with Crippen LogP contribution in [0.5, 0.6) is 0 Å². The Bertz CT molecular complexity index is 482. The Morgan fingerprint density at radius 1 is 1.32 bits per heavy atom. The van der Waals surface area contributed by atoms with E-state index >= 15 is 0 Å². The van der Waals surface area contributed by atoms with E-state index in [1.807, 2.05) is 38.8 Å². The minimum Gasteiger partial charge on any atom is -0.444 e. The standard InChI is InChI=1S/C18H28N2O2/c1-18(2,3)22-17(21)20-12-8-11-15(13-20)16(19-4)14-9-6-5-7-10-14/h5-7,9-10,15-16,19H,8,11-13H2,1-4H3. The van der Waals surface area contributed by atoms with Gasteiger partial charge in [0.1, 0.15) is 5.60 Å². The topological polar surface area (TPSA) is 41.6 Å². The van der Waals surface area contributed by atoms with Crippen LogP contribution in [0, 0.1) is 5.92 Å². The summed E-state index contributed by atoms with van der Waals surface area (Å²) < 4.78 is 5.51. The Kier molecular flexibility index (Phi) is 5.46. The first-order chi connectivity index (χ1) is 10.4. The molecule has 1 heterocycles. The van der Waals surface area contributed by atoms with Gasteiger partial charge in [-0.1, -0.05) is 30.3 Å². The van der Waals surface area contributed by atoms with Crippen LogP contribution in [-0.4, -0.2) is 36.7 Å². The number of benzene rings is 1. The monoisotopic (exact) mass is 304 g/mol. The van der Waals surface area contributed by atoms with Gasteiger partial charge in [-0.25, -0.2) is 4.79 Å². The maximum absolute atomic E-state index is 12.3. The Morgan fingerprint density at radius 3 is 2.59 bits per heavy atom. The number of likely N-dealkylation sites (tertiary alicyclic amines) is 1. The van der Waals surface area contributed by atoms with Crippen molar-refractivity contribution in [2.24, 2.45) is 5.92 Å². The van der Waals surface area contributed by atoms with Crippen molar-refractivity contribution in [3.8, 4) is 0 Å². The highest BCUT2D eigenvalue weighted by atomic mass is 16.6. The molecular formula is C18H28N2O2. The van der Waals surface area contributed by atoms with Crippen LogP contribution in [0.2, 0.25) is 0 Å². The third-order valence-electron chi connectivity index (χ3n) is 4.05. The van der Waals surface area contributed by atoms with E-state index in [2.05, 4.69) is 29.6 Å². The molecule has 1 amide bonds. The van der Waals surface area contributed by atoms with Gasteiger partial charge in [-0.3, -0.25) is 0 Å². The van der Waals surface area contributed by atoms with Crippen molar-refractivity contribution in [3.05, 3.63) is 35.9 Å². The first-order valence-corrected chi connectivity index (χ1v) is 8.11. The molecular weight excluding hydrogens is 276 g/mol. The second-order valence-corrected chi connectivity index (χ2v) is 7.01. The van der Waals surface area contributed by atoms with Crippen molar-refractivity contribution >= 4 is 6.09 Å². The van der Waals surface area contributed by atoms with Crippen LogP contribution in [-0.2, 0) is 4.74 Å². The predicted octanol–water partition coefficient (Wildman–Crippen LogP) is 3.59. The SMILES string of the molecule is CNC(c1ccccc1)C1CCCN(C(=O)OC(C)(C)C)C1. The Morgan fingerprint density at radius 2 is 2.00 bits per heavy atom. The molecule has 1 aromatic rings. The molecule has 0 aromatic heterocycles. The number of piperidine rings is 1. The van der Waals surface area contributed by atoms with Gasteiger partial charge < -0.3 is 15.0 Å². The number of nitrogens with one attached hydrogen (secondary N) is 1. The number of carbonyl (C=O) groups is 1. The second-order valence-electron chi connectivity index (χ2n) is 7.01. The zero-order valence-electron chi connectivity index (χ0n) is 14.1. The van der Waals surface area contributed by atoms with E-state index in [0.29, 0.717) is 5.92 Å². The molecule has 0 saturated carbocycles. The maximum atomic E-state index is 12.3. The summed E-state index contributed by atoms with van der Waals surface area (Å²) in [5.41, 5.74) is 0.840. The van der Waals surface area contributed by atoms with Crippen LogP contribution >= 0.6 is 0 Å². The van der Waals surface area contributed by atoms with E-state index in [-0.39, 0.29) is 12.1 Å². The third-order valence-corrected chi connectivity index (χ3v) is 4.05. The summed E-state index contributed by atoms with van der Waals surface area (Å²) in [6.07, 6.45) is 1.95. The van der Waals surface area contributed by atoms with E-state index in [1.54, 1.807) is 0 Å². The van der Waals surface area contributed by atoms with Crippen molar-refractivity contribution < 1.29 is 9.53 Å². The fourth-order valence-electron chi connectivity index (χ4n) is 3.11. The number of ether oxygens (including phenoxy) is 1. The van der Waals surface area contributed by atoms with Crippen molar-refractivity contribution in [2.75, 3.05) is 20.1 Å². The van der Waals surface area contributed by atoms with E-state index in [1.165, 1.54) is 5.56 Å². The van der Waals surface area contributed by atoms with Gasteiger partial charge in [-0.2, -0.15) is 0 Å². The average molecular weight is 304 g/mol. The number of nitrogens with zero attached hydrogens (tertiary/aromatic N) is 1. The maximum Gasteiger partial charge on any atom is 0.410 e. The summed E-state index contributed by atoms with van der Waals surface area (Å²) in [5, 5.41) is 3.42. The van der Waals surface area contributed by atoms with Gasteiger partial charge in [0.25, 0.3) is 0 Å². The van der Waals surface area contributed by atoms with Crippen LogP contribution in [0.1, 0.15) is 45.2 Å². The molecule has 1 aromatic carbocycles. The number of hydrogen-bond acceptors (Lipinski definition) is 3. The molecule has 1 aliphatic heterocycles. The molecule has 1 fully saturated rings. The fourth-order valence-corrected chi connectivity index (χ4v) is 3.11. The highest BCUT2D eigenvalue weighted by Crippen LogP contribution is 2.30. The molecule has 1 saturated heterocycles. The first-order valence-electron chi connectivity index (χ1n) is 8.11. The molecule has 2 atom stereocenters. The summed E-state index contributed by atoms with van der Waals surface area (Å²) in [7, 11) is 1.99. The molecule has 122 valence electrons. The quantitative estimate of drug-likeness (QED) is 0.928. The number of amides is 1. The molecule has 4 nitrogen and oxygen atoms in total. The highest BCUT2D eigenvalue weighted by Gasteiger charge is 2.31. The Hall–Kier alpha value is -1.55. The fraction of sp³-hybridized carbons (Fsp3) is 0.611. The molecule has 1 N–H and O–H groups in total. The summed E-state index contributed by atoms with van der Waals surface area (Å²) in [4.78, 5) is 14.1. The first kappa shape index (κ1) is 16.8. The van der Waals surface area contributed by atoms with Gasteiger partial charge in [-0.05, 0) is 52.1 Å². The largest absolute Gasteiger partial charge is 0.444 e. The molecule has 0 spiro atoms. The Balaban J connectivity index is 2.04. The van der Waals surface area contributed by atoms with E-state index in [4.69, 9.17) is 4.74 Å². The van der Waals surface area contributed by atoms with Crippen LogP contribution in [0.25, 0.3) is 0 Å². The summed E-state index contributed by atoms with van der Waals surface area (Å²) in [6, 6.07) is 10.7. The molecule has 1 aliphatic rings. The molecule has 4 heteroatoms. The van der Waals surface area contributed by atoms with E-state index in [9.17, 15) is 4.79 Å². The smallest absolute Gasteiger partial charge is 0.410 e.